The summed E-state index contributed by atoms with van der Waals surface area (Å²) in [5.74, 6) is 0. The van der Waals surface area contributed by atoms with Crippen molar-refractivity contribution in [1.82, 2.24) is 0 Å². The molecule has 1 aromatic carbocycles. The van der Waals surface area contributed by atoms with Gasteiger partial charge in [0.15, 0.2) is 6.19 Å². The number of benzene rings is 1. The molecule has 0 fully saturated rings. The van der Waals surface area contributed by atoms with Gasteiger partial charge in [-0.15, -0.1) is 0 Å². The third kappa shape index (κ3) is 2.18. The smallest absolute Gasteiger partial charge is 0.189 e. The molecule has 0 amide bonds. The van der Waals surface area contributed by atoms with Gasteiger partial charge in [0.2, 0.25) is 0 Å². The number of aryl methyl sites for hydroxylation is 1. The van der Waals surface area contributed by atoms with Crippen LogP contribution in [0.25, 0.3) is 0 Å². The van der Waals surface area contributed by atoms with Crippen LogP contribution in [0.2, 0.25) is 5.02 Å². The van der Waals surface area contributed by atoms with Crippen molar-refractivity contribution in [3.8, 4) is 6.19 Å². The molecule has 66 valence electrons. The highest BCUT2D eigenvalue weighted by Crippen LogP contribution is 2.22. The van der Waals surface area contributed by atoms with Crippen molar-refractivity contribution < 1.29 is 0 Å². The fourth-order valence-corrected chi connectivity index (χ4v) is 1.41. The molecule has 0 N–H and O–H groups in total. The number of nitriles is 1. The Morgan fingerprint density at radius 2 is 2.31 bits per heavy atom. The predicted octanol–water partition coefficient (Wildman–Crippen LogP) is 2.89. The van der Waals surface area contributed by atoms with E-state index in [1.165, 1.54) is 10.4 Å². The minimum absolute atomic E-state index is 0.656. The maximum Gasteiger partial charge on any atom is 0.189 e. The van der Waals surface area contributed by atoms with Crippen molar-refractivity contribution in [3.63, 3.8) is 0 Å². The van der Waals surface area contributed by atoms with Crippen molar-refractivity contribution in [2.45, 2.75) is 6.92 Å². The fourth-order valence-electron chi connectivity index (χ4n) is 1.02. The van der Waals surface area contributed by atoms with Crippen LogP contribution in [0, 0.1) is 18.4 Å². The Kier molecular flexibility index (Phi) is 3.24. The highest BCUT2D eigenvalue weighted by Gasteiger charge is 2.05. The molecule has 0 aliphatic rings. The third-order valence-corrected chi connectivity index (χ3v) is 2.08. The van der Waals surface area contributed by atoms with E-state index in [-0.39, 0.29) is 0 Å². The van der Waals surface area contributed by atoms with Gasteiger partial charge in [0, 0.05) is 5.02 Å². The normalized spacial score (nSPS) is 9.00. The van der Waals surface area contributed by atoms with Crippen LogP contribution in [-0.2, 0) is 0 Å². The topological polar surface area (TPSA) is 27.0 Å². The lowest BCUT2D eigenvalue weighted by Gasteiger charge is -2.11. The predicted molar refractivity (Wildman–Crippen MR) is 57.9 cm³/mol. The molecule has 0 saturated heterocycles. The van der Waals surface area contributed by atoms with E-state index >= 15 is 0 Å². The first-order valence-electron chi connectivity index (χ1n) is 3.59. The zero-order valence-corrected chi connectivity index (χ0v) is 8.56. The zero-order valence-electron chi connectivity index (χ0n) is 6.99. The number of rotatable bonds is 2. The van der Waals surface area contributed by atoms with E-state index in [0.717, 1.165) is 11.3 Å². The number of hydrogen-bond acceptors (Lipinski definition) is 2. The Morgan fingerprint density at radius 1 is 1.62 bits per heavy atom. The number of nitrogens with zero attached hydrogens (tertiary/aromatic N) is 2. The Bertz CT molecular complexity index is 370. The second-order valence-electron chi connectivity index (χ2n) is 2.51. The summed E-state index contributed by atoms with van der Waals surface area (Å²) in [6, 6.07) is 5.29. The van der Waals surface area contributed by atoms with Gasteiger partial charge in [0.05, 0.1) is 11.2 Å². The molecule has 0 aromatic heterocycles. The van der Waals surface area contributed by atoms with Crippen LogP contribution in [0.3, 0.4) is 0 Å². The van der Waals surface area contributed by atoms with Gasteiger partial charge in [0.25, 0.3) is 0 Å². The van der Waals surface area contributed by atoms with Gasteiger partial charge in [-0.25, -0.2) is 4.90 Å². The summed E-state index contributed by atoms with van der Waals surface area (Å²) in [7, 11) is 0. The Hall–Kier alpha value is -1.11. The molecule has 0 atom stereocenters. The lowest BCUT2D eigenvalue weighted by atomic mass is 10.2. The number of halogens is 1. The van der Waals surface area contributed by atoms with Crippen LogP contribution < -0.4 is 4.90 Å². The second-order valence-corrected chi connectivity index (χ2v) is 3.15. The van der Waals surface area contributed by atoms with E-state index in [2.05, 4.69) is 0 Å². The summed E-state index contributed by atoms with van der Waals surface area (Å²) in [6.07, 6.45) is 1.96. The molecule has 0 bridgehead atoms. The molecule has 2 nitrogen and oxygen atoms in total. The zero-order chi connectivity index (χ0) is 9.84. The molecule has 0 unspecified atom stereocenters. The molecule has 1 rings (SSSR count). The summed E-state index contributed by atoms with van der Waals surface area (Å²) in [5.41, 5.74) is 2.99. The van der Waals surface area contributed by atoms with Gasteiger partial charge in [0.1, 0.15) is 0 Å². The molecule has 0 aliphatic carbocycles. The number of hydrogen-bond donors (Lipinski definition) is 0. The molecule has 0 heterocycles. The van der Waals surface area contributed by atoms with E-state index in [9.17, 15) is 0 Å². The molecular formula is C9H7ClN2S. The van der Waals surface area contributed by atoms with Crippen molar-refractivity contribution in [3.05, 3.63) is 28.8 Å². The Labute approximate surface area is 87.3 Å². The first-order chi connectivity index (χ1) is 6.19. The molecular weight excluding hydrogens is 204 g/mol. The van der Waals surface area contributed by atoms with Crippen molar-refractivity contribution in [2.24, 2.45) is 0 Å². The summed E-state index contributed by atoms with van der Waals surface area (Å²) >= 11 is 10.5. The van der Waals surface area contributed by atoms with Gasteiger partial charge < -0.3 is 0 Å². The molecule has 0 radical (unpaired) electrons. The SMILES string of the molecule is Cc1cc(Cl)ccc1N(C#N)C=S. The molecule has 0 saturated carbocycles. The first-order valence-corrected chi connectivity index (χ1v) is 4.44. The number of thiocarbonyl (C=S) groups is 1. The minimum Gasteiger partial charge on any atom is -0.244 e. The fraction of sp³-hybridized carbons (Fsp3) is 0.111. The standard InChI is InChI=1S/C9H7ClN2S/c1-7-4-8(10)2-3-9(7)12(5-11)6-13/h2-4,6H,1H3. The molecule has 0 aliphatic heterocycles. The molecule has 0 spiro atoms. The van der Waals surface area contributed by atoms with Crippen LogP contribution >= 0.6 is 23.8 Å². The summed E-state index contributed by atoms with van der Waals surface area (Å²) in [5, 5.41) is 9.37. The van der Waals surface area contributed by atoms with Crippen LogP contribution in [0.15, 0.2) is 18.2 Å². The van der Waals surface area contributed by atoms with Gasteiger partial charge in [-0.1, -0.05) is 23.8 Å². The van der Waals surface area contributed by atoms with Crippen LogP contribution in [0.1, 0.15) is 5.56 Å². The van der Waals surface area contributed by atoms with Crippen molar-refractivity contribution in [2.75, 3.05) is 4.90 Å². The maximum absolute atomic E-state index is 8.72. The van der Waals surface area contributed by atoms with Crippen molar-refractivity contribution in [1.29, 1.82) is 5.26 Å². The first kappa shape index (κ1) is 9.97. The molecule has 4 heteroatoms. The largest absolute Gasteiger partial charge is 0.244 e. The lowest BCUT2D eigenvalue weighted by molar-refractivity contribution is 1.32. The van der Waals surface area contributed by atoms with E-state index in [1.807, 2.05) is 13.1 Å². The summed E-state index contributed by atoms with van der Waals surface area (Å²) in [4.78, 5) is 1.32. The Balaban J connectivity index is 3.16. The van der Waals surface area contributed by atoms with E-state index in [0.29, 0.717) is 5.02 Å². The summed E-state index contributed by atoms with van der Waals surface area (Å²) in [6.45, 7) is 1.88. The van der Waals surface area contributed by atoms with Crippen LogP contribution in [0.4, 0.5) is 5.69 Å². The highest BCUT2D eigenvalue weighted by atomic mass is 35.5. The van der Waals surface area contributed by atoms with E-state index in [1.54, 1.807) is 18.2 Å². The molecule has 1 aromatic rings. The highest BCUT2D eigenvalue weighted by molar-refractivity contribution is 7.79. The quantitative estimate of drug-likeness (QED) is 0.427. The average Bonchev–Trinajstić information content (AvgIpc) is 2.10. The van der Waals surface area contributed by atoms with Gasteiger partial charge in [-0.05, 0) is 30.7 Å². The lowest BCUT2D eigenvalue weighted by Crippen LogP contribution is -2.12. The Morgan fingerprint density at radius 3 is 2.77 bits per heavy atom. The monoisotopic (exact) mass is 210 g/mol. The van der Waals surface area contributed by atoms with Gasteiger partial charge in [-0.2, -0.15) is 5.26 Å². The summed E-state index contributed by atoms with van der Waals surface area (Å²) < 4.78 is 0. The van der Waals surface area contributed by atoms with E-state index < -0.39 is 0 Å². The third-order valence-electron chi connectivity index (χ3n) is 1.63. The van der Waals surface area contributed by atoms with Gasteiger partial charge in [-0.3, -0.25) is 0 Å². The van der Waals surface area contributed by atoms with Gasteiger partial charge >= 0.3 is 0 Å². The van der Waals surface area contributed by atoms with Crippen LogP contribution in [-0.4, -0.2) is 5.49 Å². The average molecular weight is 211 g/mol. The second kappa shape index (κ2) is 4.22. The van der Waals surface area contributed by atoms with Crippen molar-refractivity contribution >= 4 is 35.0 Å². The maximum atomic E-state index is 8.72. The van der Waals surface area contributed by atoms with E-state index in [4.69, 9.17) is 29.1 Å². The van der Waals surface area contributed by atoms with Crippen LogP contribution in [0.5, 0.6) is 0 Å². The number of anilines is 1. The minimum atomic E-state index is 0.656. The molecule has 13 heavy (non-hydrogen) atoms.